The van der Waals surface area contributed by atoms with Crippen molar-refractivity contribution in [1.82, 2.24) is 15.2 Å². The minimum absolute atomic E-state index is 0.0769. The molecule has 1 aromatic carbocycles. The first-order valence-electron chi connectivity index (χ1n) is 8.26. The molecule has 0 aliphatic heterocycles. The van der Waals surface area contributed by atoms with Crippen molar-refractivity contribution in [3.05, 3.63) is 47.1 Å². The van der Waals surface area contributed by atoms with Gasteiger partial charge in [-0.2, -0.15) is 0 Å². The summed E-state index contributed by atoms with van der Waals surface area (Å²) in [5.74, 6) is -0.598. The summed E-state index contributed by atoms with van der Waals surface area (Å²) in [7, 11) is 0. The van der Waals surface area contributed by atoms with Crippen LogP contribution in [0.15, 0.2) is 41.4 Å². The van der Waals surface area contributed by atoms with E-state index in [9.17, 15) is 18.0 Å². The second kappa shape index (κ2) is 8.78. The van der Waals surface area contributed by atoms with E-state index in [1.54, 1.807) is 17.4 Å². The molecule has 11 heteroatoms. The van der Waals surface area contributed by atoms with Crippen LogP contribution in [0.25, 0.3) is 10.6 Å². The molecule has 3 aromatic rings. The first-order chi connectivity index (χ1) is 13.7. The zero-order chi connectivity index (χ0) is 21.0. The van der Waals surface area contributed by atoms with Crippen molar-refractivity contribution >= 4 is 34.7 Å². The molecule has 2 heterocycles. The van der Waals surface area contributed by atoms with Crippen molar-refractivity contribution in [1.29, 1.82) is 0 Å². The maximum absolute atomic E-state index is 12.1. The molecule has 0 fully saturated rings. The van der Waals surface area contributed by atoms with Gasteiger partial charge in [-0.3, -0.25) is 4.79 Å². The van der Waals surface area contributed by atoms with Gasteiger partial charge in [0.2, 0.25) is 5.91 Å². The molecule has 0 saturated carbocycles. The molecule has 0 saturated heterocycles. The van der Waals surface area contributed by atoms with Gasteiger partial charge >= 0.3 is 6.36 Å². The smallest absolute Gasteiger partial charge is 0.406 e. The van der Waals surface area contributed by atoms with E-state index >= 15 is 0 Å². The van der Waals surface area contributed by atoms with Crippen LogP contribution in [0.4, 0.5) is 18.9 Å². The Hall–Kier alpha value is -2.66. The third kappa shape index (κ3) is 6.16. The highest BCUT2D eigenvalue weighted by molar-refractivity contribution is 7.99. The molecule has 1 N–H and O–H groups in total. The number of hydrogen-bond acceptors (Lipinski definition) is 7. The molecule has 0 aliphatic rings. The van der Waals surface area contributed by atoms with Gasteiger partial charge in [-0.1, -0.05) is 11.8 Å². The molecule has 0 aliphatic carbocycles. The van der Waals surface area contributed by atoms with Crippen LogP contribution in [0.1, 0.15) is 10.7 Å². The van der Waals surface area contributed by atoms with Gasteiger partial charge in [0.15, 0.2) is 0 Å². The lowest BCUT2D eigenvalue weighted by atomic mass is 10.3. The van der Waals surface area contributed by atoms with Crippen molar-refractivity contribution in [3.8, 4) is 16.3 Å². The Morgan fingerprint density at radius 2 is 1.86 bits per heavy atom. The van der Waals surface area contributed by atoms with E-state index in [1.165, 1.54) is 23.9 Å². The number of carbonyl (C=O) groups excluding carboxylic acids is 1. The van der Waals surface area contributed by atoms with Gasteiger partial charge < -0.3 is 10.1 Å². The van der Waals surface area contributed by atoms with Crippen LogP contribution in [-0.4, -0.2) is 33.2 Å². The first kappa shape index (κ1) is 21.1. The molecule has 0 spiro atoms. The van der Waals surface area contributed by atoms with Crippen molar-refractivity contribution in [2.75, 3.05) is 11.1 Å². The second-order valence-corrected chi connectivity index (χ2v) is 8.01. The number of amides is 1. The number of thioether (sulfide) groups is 1. The molecule has 0 bridgehead atoms. The van der Waals surface area contributed by atoms with E-state index in [0.717, 1.165) is 33.4 Å². The van der Waals surface area contributed by atoms with Gasteiger partial charge in [0.25, 0.3) is 0 Å². The fourth-order valence-electron chi connectivity index (χ4n) is 2.36. The summed E-state index contributed by atoms with van der Waals surface area (Å²) < 4.78 is 40.2. The lowest BCUT2D eigenvalue weighted by Crippen LogP contribution is -2.17. The predicted molar refractivity (Wildman–Crippen MR) is 105 cm³/mol. The summed E-state index contributed by atoms with van der Waals surface area (Å²) in [4.78, 5) is 17.4. The minimum Gasteiger partial charge on any atom is -0.406 e. The Morgan fingerprint density at radius 1 is 1.14 bits per heavy atom. The van der Waals surface area contributed by atoms with Gasteiger partial charge in [0, 0.05) is 5.69 Å². The number of aryl methyl sites for hydroxylation is 2. The normalized spacial score (nSPS) is 11.3. The van der Waals surface area contributed by atoms with Gasteiger partial charge in [0.1, 0.15) is 16.5 Å². The van der Waals surface area contributed by atoms with Gasteiger partial charge in [-0.05, 0) is 50.2 Å². The van der Waals surface area contributed by atoms with Crippen LogP contribution in [-0.2, 0) is 4.79 Å². The van der Waals surface area contributed by atoms with E-state index in [-0.39, 0.29) is 17.4 Å². The van der Waals surface area contributed by atoms with E-state index in [1.807, 2.05) is 19.9 Å². The van der Waals surface area contributed by atoms with E-state index in [0.29, 0.717) is 10.7 Å². The SMILES string of the molecule is Cc1nc(C)c(-c2ccc(SCC(=O)Nc3ccc(OC(F)(F)F)cc3)nn2)s1. The van der Waals surface area contributed by atoms with E-state index in [2.05, 4.69) is 25.2 Å². The third-order valence-electron chi connectivity index (χ3n) is 3.50. The average Bonchev–Trinajstić information content (AvgIpc) is 2.99. The number of aromatic nitrogens is 3. The lowest BCUT2D eigenvalue weighted by molar-refractivity contribution is -0.274. The minimum atomic E-state index is -4.75. The summed E-state index contributed by atoms with van der Waals surface area (Å²) in [5.41, 5.74) is 1.99. The summed E-state index contributed by atoms with van der Waals surface area (Å²) >= 11 is 2.74. The highest BCUT2D eigenvalue weighted by atomic mass is 32.2. The number of nitrogens with zero attached hydrogens (tertiary/aromatic N) is 3. The van der Waals surface area contributed by atoms with Crippen molar-refractivity contribution in [3.63, 3.8) is 0 Å². The van der Waals surface area contributed by atoms with Gasteiger partial charge in [-0.15, -0.1) is 34.7 Å². The monoisotopic (exact) mass is 440 g/mol. The first-order valence-corrected chi connectivity index (χ1v) is 10.1. The number of alkyl halides is 3. The fourth-order valence-corrected chi connectivity index (χ4v) is 3.86. The van der Waals surface area contributed by atoms with Gasteiger partial charge in [0.05, 0.1) is 21.3 Å². The largest absolute Gasteiger partial charge is 0.573 e. The Balaban J connectivity index is 1.52. The number of hydrogen-bond donors (Lipinski definition) is 1. The third-order valence-corrected chi connectivity index (χ3v) is 5.51. The number of ether oxygens (including phenoxy) is 1. The maximum atomic E-state index is 12.1. The molecule has 0 radical (unpaired) electrons. The van der Waals surface area contributed by atoms with Crippen LogP contribution < -0.4 is 10.1 Å². The second-order valence-electron chi connectivity index (χ2n) is 5.81. The number of carbonyl (C=O) groups is 1. The molecule has 2 aromatic heterocycles. The Bertz CT molecular complexity index is 990. The van der Waals surface area contributed by atoms with Crippen LogP contribution in [0.5, 0.6) is 5.75 Å². The van der Waals surface area contributed by atoms with Crippen molar-refractivity contribution < 1.29 is 22.7 Å². The standard InChI is InChI=1S/C18H15F3N4O2S2/c1-10-17(29-11(2)22-10)14-7-8-16(25-24-14)28-9-15(26)23-12-3-5-13(6-4-12)27-18(19,20)21/h3-8H,9H2,1-2H3,(H,23,26). The van der Waals surface area contributed by atoms with Crippen molar-refractivity contribution in [2.45, 2.75) is 25.2 Å². The predicted octanol–water partition coefficient (Wildman–Crippen LogP) is 4.85. The number of benzene rings is 1. The van der Waals surface area contributed by atoms with E-state index < -0.39 is 6.36 Å². The zero-order valence-corrected chi connectivity index (χ0v) is 16.9. The van der Waals surface area contributed by atoms with Crippen LogP contribution >= 0.6 is 23.1 Å². The van der Waals surface area contributed by atoms with Crippen LogP contribution in [0.2, 0.25) is 0 Å². The molecule has 29 heavy (non-hydrogen) atoms. The van der Waals surface area contributed by atoms with Crippen LogP contribution in [0, 0.1) is 13.8 Å². The molecular weight excluding hydrogens is 425 g/mol. The molecule has 0 unspecified atom stereocenters. The lowest BCUT2D eigenvalue weighted by Gasteiger charge is -2.09. The fraction of sp³-hybridized carbons (Fsp3) is 0.222. The summed E-state index contributed by atoms with van der Waals surface area (Å²) in [6, 6.07) is 8.52. The maximum Gasteiger partial charge on any atom is 0.573 e. The summed E-state index contributed by atoms with van der Waals surface area (Å²) in [6.45, 7) is 3.84. The number of rotatable bonds is 6. The van der Waals surface area contributed by atoms with Crippen LogP contribution in [0.3, 0.4) is 0 Å². The Kier molecular flexibility index (Phi) is 6.38. The van der Waals surface area contributed by atoms with E-state index in [4.69, 9.17) is 0 Å². The highest BCUT2D eigenvalue weighted by Gasteiger charge is 2.30. The number of anilines is 1. The summed E-state index contributed by atoms with van der Waals surface area (Å²) in [6.07, 6.45) is -4.75. The quantitative estimate of drug-likeness (QED) is 0.553. The Labute approximate surface area is 172 Å². The highest BCUT2D eigenvalue weighted by Crippen LogP contribution is 2.28. The zero-order valence-electron chi connectivity index (χ0n) is 15.3. The molecule has 0 atom stereocenters. The number of thiazole rings is 1. The molecule has 3 rings (SSSR count). The topological polar surface area (TPSA) is 77.0 Å². The molecule has 6 nitrogen and oxygen atoms in total. The molecular formula is C18H15F3N4O2S2. The Morgan fingerprint density at radius 3 is 2.41 bits per heavy atom. The van der Waals surface area contributed by atoms with Crippen molar-refractivity contribution in [2.24, 2.45) is 0 Å². The number of nitrogens with one attached hydrogen (secondary N) is 1. The molecule has 152 valence electrons. The van der Waals surface area contributed by atoms with Gasteiger partial charge in [-0.25, -0.2) is 4.98 Å². The average molecular weight is 440 g/mol. The number of halogens is 3. The summed E-state index contributed by atoms with van der Waals surface area (Å²) in [5, 5.41) is 12.4. The molecule has 1 amide bonds.